The largest absolute Gasteiger partial charge is 0.481 e. The summed E-state index contributed by atoms with van der Waals surface area (Å²) in [4.78, 5) is 9.82. The summed E-state index contributed by atoms with van der Waals surface area (Å²) in [6.45, 7) is 5.70. The molecule has 25 heavy (non-hydrogen) atoms. The van der Waals surface area contributed by atoms with E-state index < -0.39 is 0 Å². The number of aryl methyl sites for hydroxylation is 2. The Hall–Kier alpha value is -1.85. The summed E-state index contributed by atoms with van der Waals surface area (Å²) >= 11 is 1.83. The molecule has 4 heterocycles. The van der Waals surface area contributed by atoms with Crippen molar-refractivity contribution in [3.63, 3.8) is 0 Å². The molecule has 1 saturated heterocycles. The van der Waals surface area contributed by atoms with E-state index in [1.165, 1.54) is 52.3 Å². The van der Waals surface area contributed by atoms with E-state index in [1.54, 1.807) is 7.11 Å². The number of nitrogens with zero attached hydrogens (tertiary/aromatic N) is 3. The first kappa shape index (κ1) is 16.6. The Balaban J connectivity index is 1.70. The van der Waals surface area contributed by atoms with Gasteiger partial charge in [-0.05, 0) is 50.0 Å². The van der Waals surface area contributed by atoms with Crippen LogP contribution in [0, 0.1) is 0 Å². The van der Waals surface area contributed by atoms with Gasteiger partial charge in [0.2, 0.25) is 5.88 Å². The third kappa shape index (κ3) is 3.07. The summed E-state index contributed by atoms with van der Waals surface area (Å²) < 4.78 is 7.69. The lowest BCUT2D eigenvalue weighted by Crippen LogP contribution is -2.19. The van der Waals surface area contributed by atoms with Crippen molar-refractivity contribution >= 4 is 21.6 Å². The molecule has 0 N–H and O–H groups in total. The van der Waals surface area contributed by atoms with Crippen LogP contribution in [-0.4, -0.2) is 34.7 Å². The van der Waals surface area contributed by atoms with E-state index >= 15 is 0 Å². The molecular formula is C20H25N3OS. The first-order chi connectivity index (χ1) is 12.2. The average molecular weight is 356 g/mol. The Bertz CT molecular complexity index is 890. The Morgan fingerprint density at radius 1 is 1.20 bits per heavy atom. The fourth-order valence-corrected chi connectivity index (χ4v) is 4.85. The molecule has 3 aromatic heterocycles. The molecule has 4 rings (SSSR count). The minimum absolute atomic E-state index is 0.680. The van der Waals surface area contributed by atoms with Crippen LogP contribution in [0.15, 0.2) is 24.3 Å². The highest BCUT2D eigenvalue weighted by Crippen LogP contribution is 2.37. The fourth-order valence-electron chi connectivity index (χ4n) is 3.69. The lowest BCUT2D eigenvalue weighted by molar-refractivity contribution is 0.324. The normalized spacial score (nSPS) is 15.3. The van der Waals surface area contributed by atoms with Gasteiger partial charge < -0.3 is 9.30 Å². The molecule has 4 nitrogen and oxygen atoms in total. The summed E-state index contributed by atoms with van der Waals surface area (Å²) in [5, 5.41) is 1.32. The SMILES string of the molecule is CCc1ccc(OC)nc1-c1cc2cc(CN3CCCC3)n(C)c2s1. The molecule has 0 spiro atoms. The molecule has 5 heteroatoms. The van der Waals surface area contributed by atoms with Gasteiger partial charge in [-0.1, -0.05) is 13.0 Å². The van der Waals surface area contributed by atoms with Gasteiger partial charge in [0.05, 0.1) is 17.7 Å². The molecule has 0 amide bonds. The summed E-state index contributed by atoms with van der Waals surface area (Å²) in [5.41, 5.74) is 3.73. The van der Waals surface area contributed by atoms with E-state index in [9.17, 15) is 0 Å². The van der Waals surface area contributed by atoms with Crippen LogP contribution in [0.2, 0.25) is 0 Å². The van der Waals surface area contributed by atoms with Crippen molar-refractivity contribution in [2.75, 3.05) is 20.2 Å². The highest BCUT2D eigenvalue weighted by Gasteiger charge is 2.18. The monoisotopic (exact) mass is 355 g/mol. The quantitative estimate of drug-likeness (QED) is 0.676. The van der Waals surface area contributed by atoms with E-state index in [0.717, 1.165) is 18.7 Å². The second-order valence-electron chi connectivity index (χ2n) is 6.76. The predicted molar refractivity (Wildman–Crippen MR) is 104 cm³/mol. The molecule has 0 aromatic carbocycles. The number of rotatable bonds is 5. The van der Waals surface area contributed by atoms with Gasteiger partial charge in [-0.2, -0.15) is 0 Å². The smallest absolute Gasteiger partial charge is 0.213 e. The average Bonchev–Trinajstić information content (AvgIpc) is 3.34. The van der Waals surface area contributed by atoms with E-state index in [4.69, 9.17) is 9.72 Å². The zero-order valence-electron chi connectivity index (χ0n) is 15.2. The van der Waals surface area contributed by atoms with Gasteiger partial charge in [-0.25, -0.2) is 4.98 Å². The maximum absolute atomic E-state index is 5.33. The molecule has 1 aliphatic heterocycles. The minimum atomic E-state index is 0.680. The van der Waals surface area contributed by atoms with Gasteiger partial charge in [-0.3, -0.25) is 4.90 Å². The van der Waals surface area contributed by atoms with Crippen molar-refractivity contribution in [1.29, 1.82) is 0 Å². The van der Waals surface area contributed by atoms with Crippen molar-refractivity contribution in [3.8, 4) is 16.5 Å². The Morgan fingerprint density at radius 3 is 2.68 bits per heavy atom. The van der Waals surface area contributed by atoms with Crippen LogP contribution in [0.1, 0.15) is 31.0 Å². The third-order valence-corrected chi connectivity index (χ3v) is 6.39. The Kier molecular flexibility index (Phi) is 4.52. The van der Waals surface area contributed by atoms with Gasteiger partial charge in [0.15, 0.2) is 0 Å². The van der Waals surface area contributed by atoms with Gasteiger partial charge in [0.25, 0.3) is 0 Å². The first-order valence-corrected chi connectivity index (χ1v) is 9.86. The lowest BCUT2D eigenvalue weighted by atomic mass is 10.1. The van der Waals surface area contributed by atoms with Crippen molar-refractivity contribution in [1.82, 2.24) is 14.5 Å². The number of ether oxygens (including phenoxy) is 1. The molecule has 0 atom stereocenters. The molecule has 0 radical (unpaired) electrons. The van der Waals surface area contributed by atoms with Gasteiger partial charge >= 0.3 is 0 Å². The summed E-state index contributed by atoms with van der Waals surface area (Å²) in [7, 11) is 3.86. The standard InChI is InChI=1S/C20H25N3OS/c1-4-14-7-8-18(24-3)21-19(14)17-12-15-11-16(22(2)20(15)25-17)13-23-9-5-6-10-23/h7-8,11-12H,4-6,9-10,13H2,1-3H3. The number of fused-ring (bicyclic) bond motifs is 1. The van der Waals surface area contributed by atoms with E-state index in [1.807, 2.05) is 17.4 Å². The zero-order valence-corrected chi connectivity index (χ0v) is 16.0. The highest BCUT2D eigenvalue weighted by atomic mass is 32.1. The van der Waals surface area contributed by atoms with Gasteiger partial charge in [-0.15, -0.1) is 11.3 Å². The molecule has 0 unspecified atom stereocenters. The minimum Gasteiger partial charge on any atom is -0.481 e. The summed E-state index contributed by atoms with van der Waals surface area (Å²) in [6.07, 6.45) is 3.65. The van der Waals surface area contributed by atoms with Crippen LogP contribution in [0.4, 0.5) is 0 Å². The van der Waals surface area contributed by atoms with Crippen molar-refractivity contribution < 1.29 is 4.74 Å². The fraction of sp³-hybridized carbons (Fsp3) is 0.450. The van der Waals surface area contributed by atoms with Gasteiger partial charge in [0, 0.05) is 30.7 Å². The number of hydrogen-bond donors (Lipinski definition) is 0. The maximum Gasteiger partial charge on any atom is 0.213 e. The molecule has 0 saturated carbocycles. The molecule has 1 fully saturated rings. The predicted octanol–water partition coefficient (Wildman–Crippen LogP) is 4.47. The Labute approximate surface area is 153 Å². The number of hydrogen-bond acceptors (Lipinski definition) is 4. The van der Waals surface area contributed by atoms with Crippen LogP contribution in [-0.2, 0) is 20.0 Å². The second-order valence-corrected chi connectivity index (χ2v) is 7.79. The topological polar surface area (TPSA) is 30.3 Å². The number of thiophene rings is 1. The van der Waals surface area contributed by atoms with Crippen LogP contribution >= 0.6 is 11.3 Å². The van der Waals surface area contributed by atoms with Crippen molar-refractivity contribution in [2.45, 2.75) is 32.7 Å². The number of pyridine rings is 1. The molecule has 1 aliphatic rings. The number of methoxy groups -OCH3 is 1. The molecule has 0 aliphatic carbocycles. The number of likely N-dealkylation sites (tertiary alicyclic amines) is 1. The van der Waals surface area contributed by atoms with Crippen molar-refractivity contribution in [3.05, 3.63) is 35.5 Å². The first-order valence-electron chi connectivity index (χ1n) is 9.04. The van der Waals surface area contributed by atoms with E-state index in [-0.39, 0.29) is 0 Å². The molecular weight excluding hydrogens is 330 g/mol. The summed E-state index contributed by atoms with van der Waals surface area (Å²) in [5.74, 6) is 0.680. The summed E-state index contributed by atoms with van der Waals surface area (Å²) in [6, 6.07) is 8.71. The third-order valence-electron chi connectivity index (χ3n) is 5.16. The maximum atomic E-state index is 5.33. The van der Waals surface area contributed by atoms with Crippen LogP contribution < -0.4 is 4.74 Å². The number of aromatic nitrogens is 2. The highest BCUT2D eigenvalue weighted by molar-refractivity contribution is 7.21. The van der Waals surface area contributed by atoms with E-state index in [2.05, 4.69) is 41.6 Å². The van der Waals surface area contributed by atoms with Gasteiger partial charge in [0.1, 0.15) is 4.83 Å². The zero-order chi connectivity index (χ0) is 17.4. The molecule has 0 bridgehead atoms. The Morgan fingerprint density at radius 2 is 2.00 bits per heavy atom. The molecule has 132 valence electrons. The molecule has 3 aromatic rings. The lowest BCUT2D eigenvalue weighted by Gasteiger charge is -2.15. The van der Waals surface area contributed by atoms with Crippen molar-refractivity contribution in [2.24, 2.45) is 7.05 Å². The van der Waals surface area contributed by atoms with Crippen LogP contribution in [0.3, 0.4) is 0 Å². The second kappa shape index (κ2) is 6.81. The van der Waals surface area contributed by atoms with Crippen LogP contribution in [0.5, 0.6) is 5.88 Å². The van der Waals surface area contributed by atoms with Crippen LogP contribution in [0.25, 0.3) is 20.8 Å². The van der Waals surface area contributed by atoms with E-state index in [0.29, 0.717) is 5.88 Å².